The van der Waals surface area contributed by atoms with Crippen LogP contribution in [-0.2, 0) is 15.6 Å². The summed E-state index contributed by atoms with van der Waals surface area (Å²) in [4.78, 5) is 10.3. The van der Waals surface area contributed by atoms with Gasteiger partial charge in [0, 0.05) is 6.26 Å². The van der Waals surface area contributed by atoms with E-state index < -0.39 is 15.6 Å². The molecule has 0 saturated carbocycles. The van der Waals surface area contributed by atoms with Gasteiger partial charge in [-0.25, -0.2) is 18.3 Å². The number of H-pyrrole nitrogens is 1. The van der Waals surface area contributed by atoms with Crippen LogP contribution in [0.1, 0.15) is 5.89 Å². The molecule has 7 heteroatoms. The molecule has 1 N–H and O–H groups in total. The van der Waals surface area contributed by atoms with Gasteiger partial charge in [-0.05, 0) is 0 Å². The summed E-state index contributed by atoms with van der Waals surface area (Å²) in [6.07, 6.45) is 1.03. The minimum atomic E-state index is -3.18. The third-order valence-electron chi connectivity index (χ3n) is 0.868. The Morgan fingerprint density at radius 2 is 2.27 bits per heavy atom. The van der Waals surface area contributed by atoms with Crippen molar-refractivity contribution in [1.82, 2.24) is 10.2 Å². The van der Waals surface area contributed by atoms with Crippen molar-refractivity contribution in [2.75, 3.05) is 6.26 Å². The topological polar surface area (TPSA) is 93.0 Å². The van der Waals surface area contributed by atoms with E-state index in [4.69, 9.17) is 0 Å². The lowest BCUT2D eigenvalue weighted by atomic mass is 10.8. The fourth-order valence-corrected chi connectivity index (χ4v) is 1.12. The zero-order valence-electron chi connectivity index (χ0n) is 5.70. The first kappa shape index (κ1) is 7.99. The fourth-order valence-electron chi connectivity index (χ4n) is 0.547. The van der Waals surface area contributed by atoms with Gasteiger partial charge >= 0.3 is 5.76 Å². The highest BCUT2D eigenvalue weighted by Gasteiger charge is 2.09. The average Bonchev–Trinajstić information content (AvgIpc) is 2.10. The zero-order valence-corrected chi connectivity index (χ0v) is 6.51. The zero-order chi connectivity index (χ0) is 8.48. The molecule has 0 aliphatic carbocycles. The van der Waals surface area contributed by atoms with Crippen LogP contribution in [0.25, 0.3) is 0 Å². The lowest BCUT2D eigenvalue weighted by Gasteiger charge is -1.87. The lowest BCUT2D eigenvalue weighted by molar-refractivity contribution is 0.475. The minimum Gasteiger partial charge on any atom is -0.391 e. The largest absolute Gasteiger partial charge is 0.434 e. The van der Waals surface area contributed by atoms with Crippen molar-refractivity contribution in [2.45, 2.75) is 5.75 Å². The number of hydrogen-bond acceptors (Lipinski definition) is 5. The van der Waals surface area contributed by atoms with Gasteiger partial charge in [0.25, 0.3) is 0 Å². The van der Waals surface area contributed by atoms with Gasteiger partial charge in [-0.15, -0.1) is 5.10 Å². The molecule has 1 heterocycles. The predicted octanol–water partition coefficient (Wildman–Crippen LogP) is -1.09. The molecule has 62 valence electrons. The van der Waals surface area contributed by atoms with Crippen LogP contribution in [0.5, 0.6) is 0 Å². The molecule has 11 heavy (non-hydrogen) atoms. The molecule has 0 atom stereocenters. The van der Waals surface area contributed by atoms with Crippen LogP contribution in [0.2, 0.25) is 0 Å². The van der Waals surface area contributed by atoms with Gasteiger partial charge in [0.05, 0.1) is 0 Å². The van der Waals surface area contributed by atoms with Crippen molar-refractivity contribution in [3.63, 3.8) is 0 Å². The van der Waals surface area contributed by atoms with Crippen molar-refractivity contribution in [3.05, 3.63) is 16.4 Å². The molecule has 0 saturated heterocycles. The van der Waals surface area contributed by atoms with E-state index >= 15 is 0 Å². The summed E-state index contributed by atoms with van der Waals surface area (Å²) in [5.41, 5.74) is 0. The van der Waals surface area contributed by atoms with E-state index in [9.17, 15) is 13.2 Å². The summed E-state index contributed by atoms with van der Waals surface area (Å²) in [6.45, 7) is 0. The van der Waals surface area contributed by atoms with E-state index in [1.807, 2.05) is 5.10 Å². The summed E-state index contributed by atoms with van der Waals surface area (Å²) in [5, 5.41) is 5.27. The molecule has 0 radical (unpaired) electrons. The molecule has 0 bridgehead atoms. The lowest BCUT2D eigenvalue weighted by Crippen LogP contribution is -2.00. The molecule has 0 spiro atoms. The molecule has 0 amide bonds. The molecule has 6 nitrogen and oxygen atoms in total. The normalized spacial score (nSPS) is 11.7. The molecule has 1 rings (SSSR count). The van der Waals surface area contributed by atoms with Gasteiger partial charge < -0.3 is 4.42 Å². The molecular formula is C4H6N2O4S. The van der Waals surface area contributed by atoms with Crippen LogP contribution < -0.4 is 5.76 Å². The van der Waals surface area contributed by atoms with E-state index in [-0.39, 0.29) is 11.6 Å². The van der Waals surface area contributed by atoms with Crippen molar-refractivity contribution in [1.29, 1.82) is 0 Å². The standard InChI is InChI=1S/C4H6N2O4S/c1-11(8,9)2-3-5-6-4(7)10-3/h2H2,1H3,(H,6,7). The minimum absolute atomic E-state index is 0.113. The van der Waals surface area contributed by atoms with E-state index in [2.05, 4.69) is 9.52 Å². The van der Waals surface area contributed by atoms with Crippen LogP contribution in [0.4, 0.5) is 0 Å². The number of rotatable bonds is 2. The second kappa shape index (κ2) is 2.50. The number of nitrogens with zero attached hydrogens (tertiary/aromatic N) is 1. The van der Waals surface area contributed by atoms with Gasteiger partial charge in [0.2, 0.25) is 5.89 Å². The van der Waals surface area contributed by atoms with Gasteiger partial charge in [0.1, 0.15) is 5.75 Å². The Labute approximate surface area is 62.2 Å². The maximum Gasteiger partial charge on any atom is 0.434 e. The quantitative estimate of drug-likeness (QED) is 0.621. The molecule has 0 aromatic carbocycles. The average molecular weight is 178 g/mol. The van der Waals surface area contributed by atoms with Crippen LogP contribution in [0.15, 0.2) is 9.21 Å². The Balaban J connectivity index is 2.90. The highest BCUT2D eigenvalue weighted by Crippen LogP contribution is 1.95. The molecule has 0 unspecified atom stereocenters. The molecular weight excluding hydrogens is 172 g/mol. The Kier molecular flexibility index (Phi) is 1.81. The highest BCUT2D eigenvalue weighted by molar-refractivity contribution is 7.89. The maximum absolute atomic E-state index is 10.6. The third-order valence-corrected chi connectivity index (χ3v) is 1.64. The molecule has 1 aromatic heterocycles. The highest BCUT2D eigenvalue weighted by atomic mass is 32.2. The molecule has 0 aliphatic heterocycles. The molecule has 1 aromatic rings. The first-order valence-corrected chi connectivity index (χ1v) is 4.75. The van der Waals surface area contributed by atoms with Gasteiger partial charge in [0.15, 0.2) is 9.84 Å². The van der Waals surface area contributed by atoms with Crippen molar-refractivity contribution < 1.29 is 12.8 Å². The van der Waals surface area contributed by atoms with E-state index in [1.165, 1.54) is 0 Å². The summed E-state index contributed by atoms with van der Waals surface area (Å²) in [6, 6.07) is 0. The number of nitrogens with one attached hydrogen (secondary N) is 1. The first-order valence-electron chi connectivity index (χ1n) is 2.69. The monoisotopic (exact) mass is 178 g/mol. The van der Waals surface area contributed by atoms with Crippen LogP contribution in [-0.4, -0.2) is 24.9 Å². The van der Waals surface area contributed by atoms with Gasteiger partial charge in [-0.3, -0.25) is 0 Å². The predicted molar refractivity (Wildman–Crippen MR) is 35.7 cm³/mol. The molecule has 0 aliphatic rings. The van der Waals surface area contributed by atoms with Crippen LogP contribution in [0.3, 0.4) is 0 Å². The number of aromatic nitrogens is 2. The molecule has 0 fully saturated rings. The second-order valence-corrected chi connectivity index (χ2v) is 4.22. The van der Waals surface area contributed by atoms with Crippen molar-refractivity contribution >= 4 is 9.84 Å². The van der Waals surface area contributed by atoms with E-state index in [0.29, 0.717) is 0 Å². The second-order valence-electron chi connectivity index (χ2n) is 2.08. The van der Waals surface area contributed by atoms with Gasteiger partial charge in [-0.1, -0.05) is 0 Å². The first-order chi connectivity index (χ1) is 4.97. The number of sulfone groups is 1. The fraction of sp³-hybridized carbons (Fsp3) is 0.500. The maximum atomic E-state index is 10.6. The summed E-state index contributed by atoms with van der Waals surface area (Å²) < 4.78 is 25.5. The van der Waals surface area contributed by atoms with Crippen molar-refractivity contribution in [2.24, 2.45) is 0 Å². The Hall–Kier alpha value is -1.11. The number of hydrogen-bond donors (Lipinski definition) is 1. The summed E-state index contributed by atoms with van der Waals surface area (Å²) in [5.74, 6) is -1.22. The van der Waals surface area contributed by atoms with Gasteiger partial charge in [-0.2, -0.15) is 0 Å². The Morgan fingerprint density at radius 3 is 2.64 bits per heavy atom. The van der Waals surface area contributed by atoms with Crippen LogP contribution >= 0.6 is 0 Å². The summed E-state index contributed by atoms with van der Waals surface area (Å²) in [7, 11) is -3.18. The third kappa shape index (κ3) is 2.54. The van der Waals surface area contributed by atoms with E-state index in [0.717, 1.165) is 6.26 Å². The van der Waals surface area contributed by atoms with E-state index in [1.54, 1.807) is 0 Å². The van der Waals surface area contributed by atoms with Crippen LogP contribution in [0, 0.1) is 0 Å². The Morgan fingerprint density at radius 1 is 1.64 bits per heavy atom. The SMILES string of the molecule is CS(=O)(=O)Cc1n[nH]c(=O)o1. The number of aromatic amines is 1. The smallest absolute Gasteiger partial charge is 0.391 e. The Bertz CT molecular complexity index is 386. The summed E-state index contributed by atoms with van der Waals surface area (Å²) >= 11 is 0. The van der Waals surface area contributed by atoms with Crippen molar-refractivity contribution in [3.8, 4) is 0 Å².